The summed E-state index contributed by atoms with van der Waals surface area (Å²) in [6, 6.07) is 24.9. The van der Waals surface area contributed by atoms with Crippen LogP contribution in [0.25, 0.3) is 0 Å². The van der Waals surface area contributed by atoms with Crippen molar-refractivity contribution in [1.29, 1.82) is 0 Å². The predicted octanol–water partition coefficient (Wildman–Crippen LogP) is 7.16. The van der Waals surface area contributed by atoms with E-state index >= 15 is 0 Å². The third kappa shape index (κ3) is 7.45. The zero-order valence-corrected chi connectivity index (χ0v) is 21.8. The van der Waals surface area contributed by atoms with Gasteiger partial charge >= 0.3 is 5.97 Å². The van der Waals surface area contributed by atoms with Crippen LogP contribution in [0.3, 0.4) is 0 Å². The van der Waals surface area contributed by atoms with Crippen molar-refractivity contribution in [2.24, 2.45) is 0 Å². The Kier molecular flexibility index (Phi) is 9.69. The van der Waals surface area contributed by atoms with Crippen molar-refractivity contribution in [1.82, 2.24) is 0 Å². The molecule has 3 aromatic rings. The quantitative estimate of drug-likeness (QED) is 0.217. The average Bonchev–Trinajstić information content (AvgIpc) is 2.89. The summed E-state index contributed by atoms with van der Waals surface area (Å²) < 4.78 is 11.2. The Balaban J connectivity index is 1.51. The molecule has 1 amide bonds. The Labute approximate surface area is 214 Å². The summed E-state index contributed by atoms with van der Waals surface area (Å²) in [6.45, 7) is 8.65. The summed E-state index contributed by atoms with van der Waals surface area (Å²) in [4.78, 5) is 24.8. The van der Waals surface area contributed by atoms with E-state index in [9.17, 15) is 9.59 Å². The molecule has 1 unspecified atom stereocenters. The second-order valence-corrected chi connectivity index (χ2v) is 9.54. The van der Waals surface area contributed by atoms with E-state index < -0.39 is 6.10 Å². The van der Waals surface area contributed by atoms with Crippen LogP contribution in [0.1, 0.15) is 74.9 Å². The predicted molar refractivity (Wildman–Crippen MR) is 145 cm³/mol. The molecule has 1 atom stereocenters. The van der Waals surface area contributed by atoms with Gasteiger partial charge in [-0.1, -0.05) is 82.5 Å². The van der Waals surface area contributed by atoms with Crippen molar-refractivity contribution in [3.63, 3.8) is 0 Å². The number of unbranched alkanes of at least 4 members (excludes halogenated alkanes) is 3. The van der Waals surface area contributed by atoms with Crippen molar-refractivity contribution < 1.29 is 19.1 Å². The third-order valence-corrected chi connectivity index (χ3v) is 6.37. The van der Waals surface area contributed by atoms with Crippen LogP contribution >= 0.6 is 0 Å². The van der Waals surface area contributed by atoms with Crippen LogP contribution in [-0.2, 0) is 14.9 Å². The van der Waals surface area contributed by atoms with Crippen molar-refractivity contribution in [3.05, 3.63) is 95.6 Å². The summed E-state index contributed by atoms with van der Waals surface area (Å²) in [6.07, 6.45) is 3.53. The number of benzene rings is 3. The molecule has 3 rings (SSSR count). The molecule has 3 aromatic carbocycles. The van der Waals surface area contributed by atoms with Gasteiger partial charge in [-0.2, -0.15) is 0 Å². The molecule has 0 radical (unpaired) electrons. The van der Waals surface area contributed by atoms with Crippen LogP contribution in [0.5, 0.6) is 5.75 Å². The number of rotatable bonds is 12. The number of hydrogen-bond acceptors (Lipinski definition) is 4. The molecule has 0 saturated heterocycles. The lowest BCUT2D eigenvalue weighted by atomic mass is 9.78. The van der Waals surface area contributed by atoms with E-state index in [1.807, 2.05) is 42.5 Å². The van der Waals surface area contributed by atoms with Crippen LogP contribution in [0, 0.1) is 0 Å². The Bertz CT molecular complexity index is 1110. The van der Waals surface area contributed by atoms with E-state index in [2.05, 4.69) is 38.2 Å². The number of nitrogens with one attached hydrogen (secondary N) is 1. The lowest BCUT2D eigenvalue weighted by Crippen LogP contribution is -2.30. The smallest absolute Gasteiger partial charge is 0.338 e. The highest BCUT2D eigenvalue weighted by Crippen LogP contribution is 2.32. The van der Waals surface area contributed by atoms with E-state index in [1.165, 1.54) is 5.56 Å². The molecular weight excluding hydrogens is 450 g/mol. The van der Waals surface area contributed by atoms with Crippen LogP contribution in [0.2, 0.25) is 0 Å². The van der Waals surface area contributed by atoms with E-state index in [1.54, 1.807) is 31.2 Å². The van der Waals surface area contributed by atoms with Gasteiger partial charge in [0.05, 0.1) is 12.2 Å². The summed E-state index contributed by atoms with van der Waals surface area (Å²) in [5.74, 6) is 0.0113. The highest BCUT2D eigenvalue weighted by Gasteiger charge is 2.23. The first-order valence-electron chi connectivity index (χ1n) is 12.7. The molecule has 190 valence electrons. The second-order valence-electron chi connectivity index (χ2n) is 9.54. The van der Waals surface area contributed by atoms with Crippen molar-refractivity contribution >= 4 is 17.6 Å². The first-order valence-corrected chi connectivity index (χ1v) is 12.7. The lowest BCUT2D eigenvalue weighted by Gasteiger charge is -2.26. The van der Waals surface area contributed by atoms with Gasteiger partial charge in [0.15, 0.2) is 6.10 Å². The monoisotopic (exact) mass is 487 g/mol. The molecule has 1 N–H and O–H groups in total. The highest BCUT2D eigenvalue weighted by atomic mass is 16.5. The minimum absolute atomic E-state index is 0.142. The molecule has 0 aliphatic rings. The van der Waals surface area contributed by atoms with Gasteiger partial charge in [0.2, 0.25) is 0 Å². The Morgan fingerprint density at radius 1 is 0.833 bits per heavy atom. The standard InChI is InChI=1S/C31H37NO4/c1-5-6-7-11-22-35-30(34)24-14-18-27(19-15-24)32-29(33)23(2)36-28-20-16-26(17-21-28)31(3,4)25-12-9-8-10-13-25/h8-10,12-21,23H,5-7,11,22H2,1-4H3,(H,32,33). The minimum atomic E-state index is -0.689. The number of carbonyl (C=O) groups is 2. The fourth-order valence-electron chi connectivity index (χ4n) is 3.94. The number of hydrogen-bond donors (Lipinski definition) is 1. The molecule has 0 saturated carbocycles. The van der Waals surface area contributed by atoms with Gasteiger partial charge in [-0.3, -0.25) is 4.79 Å². The van der Waals surface area contributed by atoms with Gasteiger partial charge in [0.1, 0.15) is 5.75 Å². The van der Waals surface area contributed by atoms with Gasteiger partial charge in [-0.25, -0.2) is 4.79 Å². The normalized spacial score (nSPS) is 12.0. The minimum Gasteiger partial charge on any atom is -0.481 e. The number of ether oxygens (including phenoxy) is 2. The largest absolute Gasteiger partial charge is 0.481 e. The van der Waals surface area contributed by atoms with Gasteiger partial charge in [0, 0.05) is 11.1 Å². The second kappa shape index (κ2) is 12.9. The fourth-order valence-corrected chi connectivity index (χ4v) is 3.94. The summed E-state index contributed by atoms with van der Waals surface area (Å²) >= 11 is 0. The zero-order valence-electron chi connectivity index (χ0n) is 21.8. The molecule has 0 aliphatic carbocycles. The maximum absolute atomic E-state index is 12.6. The van der Waals surface area contributed by atoms with E-state index in [-0.39, 0.29) is 17.3 Å². The Morgan fingerprint density at radius 3 is 2.11 bits per heavy atom. The molecule has 36 heavy (non-hydrogen) atoms. The topological polar surface area (TPSA) is 64.6 Å². The van der Waals surface area contributed by atoms with Gasteiger partial charge < -0.3 is 14.8 Å². The first kappa shape index (κ1) is 27.0. The summed E-state index contributed by atoms with van der Waals surface area (Å²) in [5.41, 5.74) is 3.31. The third-order valence-electron chi connectivity index (χ3n) is 6.37. The van der Waals surface area contributed by atoms with E-state index in [0.717, 1.165) is 31.2 Å². The number of carbonyl (C=O) groups excluding carboxylic acids is 2. The Morgan fingerprint density at radius 2 is 1.47 bits per heavy atom. The molecule has 0 aromatic heterocycles. The first-order chi connectivity index (χ1) is 17.3. The van der Waals surface area contributed by atoms with E-state index in [0.29, 0.717) is 23.6 Å². The highest BCUT2D eigenvalue weighted by molar-refractivity contribution is 5.95. The van der Waals surface area contributed by atoms with Crippen LogP contribution < -0.4 is 10.1 Å². The maximum atomic E-state index is 12.6. The molecular formula is C31H37NO4. The number of esters is 1. The number of anilines is 1. The molecule has 0 bridgehead atoms. The average molecular weight is 488 g/mol. The molecule has 0 spiro atoms. The van der Waals surface area contributed by atoms with Gasteiger partial charge in [-0.15, -0.1) is 0 Å². The Hall–Kier alpha value is -3.60. The van der Waals surface area contributed by atoms with Crippen LogP contribution in [-0.4, -0.2) is 24.6 Å². The van der Waals surface area contributed by atoms with Crippen molar-refractivity contribution in [2.75, 3.05) is 11.9 Å². The molecule has 5 heteroatoms. The molecule has 0 heterocycles. The number of amides is 1. The van der Waals surface area contributed by atoms with E-state index in [4.69, 9.17) is 9.47 Å². The summed E-state index contributed by atoms with van der Waals surface area (Å²) in [7, 11) is 0. The molecule has 0 fully saturated rings. The molecule has 0 aliphatic heterocycles. The lowest BCUT2D eigenvalue weighted by molar-refractivity contribution is -0.122. The zero-order chi connectivity index (χ0) is 26.0. The van der Waals surface area contributed by atoms with Gasteiger partial charge in [0.25, 0.3) is 5.91 Å². The van der Waals surface area contributed by atoms with Crippen LogP contribution in [0.4, 0.5) is 5.69 Å². The fraction of sp³-hybridized carbons (Fsp3) is 0.355. The molecule has 5 nitrogen and oxygen atoms in total. The van der Waals surface area contributed by atoms with Crippen LogP contribution in [0.15, 0.2) is 78.9 Å². The summed E-state index contributed by atoms with van der Waals surface area (Å²) in [5, 5.41) is 2.84. The van der Waals surface area contributed by atoms with Crippen molar-refractivity contribution in [2.45, 2.75) is 64.9 Å². The SMILES string of the molecule is CCCCCCOC(=O)c1ccc(NC(=O)C(C)Oc2ccc(C(C)(C)c3ccccc3)cc2)cc1. The van der Waals surface area contributed by atoms with Crippen molar-refractivity contribution in [3.8, 4) is 5.75 Å². The maximum Gasteiger partial charge on any atom is 0.338 e. The van der Waals surface area contributed by atoms with Gasteiger partial charge in [-0.05, 0) is 60.9 Å².